The Morgan fingerprint density at radius 3 is 0.804 bits per heavy atom. The fourth-order valence-corrected chi connectivity index (χ4v) is 10.8. The monoisotopic (exact) mass is 744 g/mol. The predicted molar refractivity (Wildman–Crippen MR) is 189 cm³/mol. The van der Waals surface area contributed by atoms with E-state index in [1.165, 1.54) is 0 Å². The summed E-state index contributed by atoms with van der Waals surface area (Å²) >= 11 is 0. The topological polar surface area (TPSA) is 270 Å². The van der Waals surface area contributed by atoms with Gasteiger partial charge in [0, 0.05) is 70.4 Å². The second-order valence-electron chi connectivity index (χ2n) is 9.48. The van der Waals surface area contributed by atoms with Crippen LogP contribution in [0.3, 0.4) is 0 Å². The highest BCUT2D eigenvalue weighted by molar-refractivity contribution is 6.61. The summed E-state index contributed by atoms with van der Waals surface area (Å²) in [7, 11) is -11.9. The van der Waals surface area contributed by atoms with E-state index in [0.29, 0.717) is 91.3 Å². The first-order chi connectivity index (χ1) is 21.7. The summed E-state index contributed by atoms with van der Waals surface area (Å²) in [5, 5.41) is 0. The van der Waals surface area contributed by atoms with Gasteiger partial charge in [-0.15, -0.1) is 0 Å². The van der Waals surface area contributed by atoms with Crippen LogP contribution in [-0.4, -0.2) is 132 Å². The molecule has 0 rings (SSSR count). The molecule has 20 heteroatoms. The molecule has 0 spiro atoms. The number of hydrogen-bond donors (Lipinski definition) is 9. The quantitative estimate of drug-likeness (QED) is 0.0540. The summed E-state index contributed by atoms with van der Waals surface area (Å²) < 4.78 is 38.6. The van der Waals surface area contributed by atoms with E-state index >= 15 is 0 Å². The summed E-state index contributed by atoms with van der Waals surface area (Å²) in [6.07, 6.45) is 2.87. The summed E-state index contributed by atoms with van der Waals surface area (Å²) in [4.78, 5) is 43.2. The Balaban J connectivity index is -0.000000262. The van der Waals surface area contributed by atoms with Gasteiger partial charge in [-0.25, -0.2) is 0 Å². The highest BCUT2D eigenvalue weighted by Gasteiger charge is 2.40. The van der Waals surface area contributed by atoms with Crippen molar-refractivity contribution in [3.05, 3.63) is 0 Å². The lowest BCUT2D eigenvalue weighted by Crippen LogP contribution is -2.46. The lowest BCUT2D eigenvalue weighted by Gasteiger charge is -2.28. The standard InChI is InChI=1S/2C9H23NO3Si.C5H15NO3Si.C3H11NO3Si/c2*1-4-11-14(12-5-2,13-6-3)9-7-8-10;1-2-9-10(7,8)5-3-4-6;4-2-1-3-8(5,6)7/h2*4-10H2,1-3H3;7-8H,2-6H2,1H3;5-7H,1-4H2. The smallest absolute Gasteiger partial charge is 0.390 e. The largest absolute Gasteiger partial charge is 0.500 e. The molecule has 0 aromatic rings. The highest BCUT2D eigenvalue weighted by Crippen LogP contribution is 2.18. The van der Waals surface area contributed by atoms with Gasteiger partial charge in [0.2, 0.25) is 0 Å². The van der Waals surface area contributed by atoms with Crippen molar-refractivity contribution in [2.45, 2.75) is 98.3 Å². The van der Waals surface area contributed by atoms with E-state index in [0.717, 1.165) is 24.9 Å². The van der Waals surface area contributed by atoms with Gasteiger partial charge in [-0.2, -0.15) is 0 Å². The minimum absolute atomic E-state index is 0.0451. The molecule has 46 heavy (non-hydrogen) atoms. The zero-order valence-corrected chi connectivity index (χ0v) is 33.8. The molecular formula is C26H72N4O12Si4. The van der Waals surface area contributed by atoms with Gasteiger partial charge in [-0.1, -0.05) is 0 Å². The maximum Gasteiger partial charge on any atom is 0.500 e. The molecule has 13 N–H and O–H groups in total. The second kappa shape index (κ2) is 35.1. The van der Waals surface area contributed by atoms with Crippen molar-refractivity contribution in [3.8, 4) is 0 Å². The average molecular weight is 745 g/mol. The normalized spacial score (nSPS) is 12.0. The molecule has 0 radical (unpaired) electrons. The van der Waals surface area contributed by atoms with Crippen molar-refractivity contribution >= 4 is 35.2 Å². The molecule has 0 amide bonds. The van der Waals surface area contributed by atoms with E-state index in [2.05, 4.69) is 0 Å². The van der Waals surface area contributed by atoms with Crippen molar-refractivity contribution in [2.24, 2.45) is 22.9 Å². The molecule has 0 saturated heterocycles. The molecule has 16 nitrogen and oxygen atoms in total. The first kappa shape index (κ1) is 53.0. The zero-order chi connectivity index (χ0) is 36.4. The van der Waals surface area contributed by atoms with Crippen LogP contribution in [-0.2, 0) is 31.0 Å². The molecule has 0 aliphatic heterocycles. The number of hydrogen-bond acceptors (Lipinski definition) is 16. The van der Waals surface area contributed by atoms with Crippen LogP contribution in [0.5, 0.6) is 0 Å². The van der Waals surface area contributed by atoms with E-state index in [1.54, 1.807) is 6.92 Å². The van der Waals surface area contributed by atoms with Crippen LogP contribution in [0, 0.1) is 0 Å². The first-order valence-corrected chi connectivity index (χ1v) is 24.5. The molecule has 0 aromatic heterocycles. The minimum Gasteiger partial charge on any atom is -0.390 e. The van der Waals surface area contributed by atoms with Gasteiger partial charge in [0.25, 0.3) is 0 Å². The predicted octanol–water partition coefficient (Wildman–Crippen LogP) is 0.313. The van der Waals surface area contributed by atoms with Gasteiger partial charge in [0.15, 0.2) is 0 Å². The molecule has 0 aromatic carbocycles. The molecule has 0 aliphatic carbocycles. The SMILES string of the molecule is CCO[Si](CCCN)(OCC)OCC.CCO[Si](CCCN)(OCC)OCC.CCO[Si](O)(O)CCCN.NCCC[Si](O)(O)O. The van der Waals surface area contributed by atoms with Crippen LogP contribution < -0.4 is 22.9 Å². The van der Waals surface area contributed by atoms with E-state index < -0.39 is 35.2 Å². The van der Waals surface area contributed by atoms with Crippen LogP contribution >= 0.6 is 0 Å². The van der Waals surface area contributed by atoms with Crippen LogP contribution in [0.4, 0.5) is 0 Å². The fourth-order valence-electron chi connectivity index (χ4n) is 3.61. The number of nitrogens with two attached hydrogens (primary N) is 4. The van der Waals surface area contributed by atoms with E-state index in [4.69, 9.17) is 77.9 Å². The van der Waals surface area contributed by atoms with Crippen molar-refractivity contribution in [1.82, 2.24) is 0 Å². The Hall–Kier alpha value is 0.228. The molecule has 0 atom stereocenters. The maximum absolute atomic E-state index is 9.06. The molecule has 0 heterocycles. The Morgan fingerprint density at radius 2 is 0.609 bits per heavy atom. The van der Waals surface area contributed by atoms with Gasteiger partial charge in [-0.05, 0) is 100 Å². The lowest BCUT2D eigenvalue weighted by atomic mass is 10.5. The molecule has 284 valence electrons. The number of rotatable bonds is 26. The Kier molecular flexibility index (Phi) is 40.4. The Labute approximate surface area is 283 Å². The van der Waals surface area contributed by atoms with Crippen molar-refractivity contribution in [2.75, 3.05) is 72.4 Å². The van der Waals surface area contributed by atoms with E-state index in [-0.39, 0.29) is 6.04 Å². The third-order valence-electron chi connectivity index (χ3n) is 5.36. The lowest BCUT2D eigenvalue weighted by molar-refractivity contribution is 0.0702. The zero-order valence-electron chi connectivity index (χ0n) is 29.8. The van der Waals surface area contributed by atoms with Crippen LogP contribution in [0.15, 0.2) is 0 Å². The second-order valence-corrected chi connectivity index (χ2v) is 19.3. The van der Waals surface area contributed by atoms with Crippen molar-refractivity contribution < 1.29 is 55.0 Å². The van der Waals surface area contributed by atoms with Crippen molar-refractivity contribution in [1.29, 1.82) is 0 Å². The van der Waals surface area contributed by atoms with Gasteiger partial charge >= 0.3 is 35.2 Å². The van der Waals surface area contributed by atoms with Gasteiger partial charge in [0.1, 0.15) is 0 Å². The van der Waals surface area contributed by atoms with Gasteiger partial charge < -0.3 is 77.9 Å². The summed E-state index contributed by atoms with van der Waals surface area (Å²) in [5.41, 5.74) is 21.2. The molecule has 0 saturated carbocycles. The van der Waals surface area contributed by atoms with Crippen LogP contribution in [0.2, 0.25) is 24.2 Å². The first-order valence-electron chi connectivity index (χ1n) is 16.6. The average Bonchev–Trinajstić information content (AvgIpc) is 2.98. The molecular weight excluding hydrogens is 673 g/mol. The van der Waals surface area contributed by atoms with Crippen LogP contribution in [0.25, 0.3) is 0 Å². The van der Waals surface area contributed by atoms with Gasteiger partial charge in [0.05, 0.1) is 0 Å². The summed E-state index contributed by atoms with van der Waals surface area (Å²) in [5.74, 6) is 0. The van der Waals surface area contributed by atoms with Gasteiger partial charge in [-0.3, -0.25) is 0 Å². The third-order valence-corrected chi connectivity index (χ3v) is 14.4. The van der Waals surface area contributed by atoms with Crippen molar-refractivity contribution in [3.63, 3.8) is 0 Å². The summed E-state index contributed by atoms with van der Waals surface area (Å²) in [6, 6.07) is 1.98. The highest BCUT2D eigenvalue weighted by atomic mass is 28.4. The molecule has 0 bridgehead atoms. The molecule has 0 unspecified atom stereocenters. The maximum atomic E-state index is 9.06. The molecule has 0 aliphatic rings. The third kappa shape index (κ3) is 35.5. The van der Waals surface area contributed by atoms with E-state index in [9.17, 15) is 0 Å². The fraction of sp³-hybridized carbons (Fsp3) is 1.00. The summed E-state index contributed by atoms with van der Waals surface area (Å²) in [6.45, 7) is 19.8. The Bertz CT molecular complexity index is 556. The van der Waals surface area contributed by atoms with Crippen LogP contribution in [0.1, 0.15) is 74.1 Å². The van der Waals surface area contributed by atoms with E-state index in [1.807, 2.05) is 41.5 Å². The molecule has 0 fully saturated rings. The minimum atomic E-state index is -3.76. The Morgan fingerprint density at radius 1 is 0.370 bits per heavy atom.